The van der Waals surface area contributed by atoms with Gasteiger partial charge in [-0.15, -0.1) is 0 Å². The number of allylic oxidation sites excluding steroid dienone is 5. The number of nitrogens with one attached hydrogen (secondary N) is 1. The maximum absolute atomic E-state index is 5.41. The zero-order valence-corrected chi connectivity index (χ0v) is 16.9. The molecule has 2 heteroatoms. The Balaban J connectivity index is 1.68. The van der Waals surface area contributed by atoms with Gasteiger partial charge in [0.05, 0.1) is 0 Å². The highest BCUT2D eigenvalue weighted by Crippen LogP contribution is 2.34. The Kier molecular flexibility index (Phi) is 4.95. The van der Waals surface area contributed by atoms with E-state index in [-0.39, 0.29) is 0 Å². The Morgan fingerprint density at radius 1 is 1.00 bits per heavy atom. The summed E-state index contributed by atoms with van der Waals surface area (Å²) in [6.45, 7) is 0.803. The molecule has 0 spiro atoms. The van der Waals surface area contributed by atoms with Crippen LogP contribution in [0.15, 0.2) is 72.6 Å². The molecule has 0 fully saturated rings. The van der Waals surface area contributed by atoms with Gasteiger partial charge < -0.3 is 10.1 Å². The monoisotopic (exact) mass is 381 g/mol. The van der Waals surface area contributed by atoms with Crippen LogP contribution in [0.3, 0.4) is 0 Å². The van der Waals surface area contributed by atoms with E-state index in [0.717, 1.165) is 25.9 Å². The molecule has 0 bridgehead atoms. The minimum absolute atomic E-state index is 0.375. The Bertz CT molecular complexity index is 1140. The van der Waals surface area contributed by atoms with E-state index in [0.29, 0.717) is 11.8 Å². The fraction of sp³-hybridized carbons (Fsp3) is 0.259. The summed E-state index contributed by atoms with van der Waals surface area (Å²) >= 11 is 0. The van der Waals surface area contributed by atoms with Crippen molar-refractivity contribution in [3.8, 4) is 11.1 Å². The lowest BCUT2D eigenvalue weighted by Gasteiger charge is -2.30. The van der Waals surface area contributed by atoms with Gasteiger partial charge in [0.25, 0.3) is 0 Å². The summed E-state index contributed by atoms with van der Waals surface area (Å²) in [5.74, 6) is 0.892. The number of hydrogen-bond donors (Lipinski definition) is 1. The van der Waals surface area contributed by atoms with Crippen LogP contribution in [0.4, 0.5) is 0 Å². The lowest BCUT2D eigenvalue weighted by Crippen LogP contribution is -2.38. The van der Waals surface area contributed by atoms with Crippen molar-refractivity contribution in [1.29, 1.82) is 0 Å². The number of ether oxygens (including phenoxy) is 1. The molecule has 2 aromatic carbocycles. The fourth-order valence-electron chi connectivity index (χ4n) is 4.96. The minimum Gasteiger partial charge on any atom is -0.385 e. The maximum Gasteiger partial charge on any atom is 0.0467 e. The highest BCUT2D eigenvalue weighted by molar-refractivity contribution is 5.74. The van der Waals surface area contributed by atoms with Crippen molar-refractivity contribution in [1.82, 2.24) is 5.32 Å². The summed E-state index contributed by atoms with van der Waals surface area (Å²) in [6, 6.07) is 13.5. The molecule has 0 aromatic heterocycles. The van der Waals surface area contributed by atoms with E-state index in [1.807, 2.05) is 6.20 Å². The molecule has 2 atom stereocenters. The fourth-order valence-corrected chi connectivity index (χ4v) is 4.96. The summed E-state index contributed by atoms with van der Waals surface area (Å²) in [5, 5.41) is 6.36. The summed E-state index contributed by atoms with van der Waals surface area (Å²) in [6.07, 6.45) is 18.7. The summed E-state index contributed by atoms with van der Waals surface area (Å²) in [4.78, 5) is 0. The zero-order chi connectivity index (χ0) is 19.6. The van der Waals surface area contributed by atoms with Gasteiger partial charge in [0.15, 0.2) is 0 Å². The quantitative estimate of drug-likeness (QED) is 0.858. The zero-order valence-electron chi connectivity index (χ0n) is 16.9. The molecular weight excluding hydrogens is 354 g/mol. The summed E-state index contributed by atoms with van der Waals surface area (Å²) in [5.41, 5.74) is 6.90. The number of hydrogen-bond acceptors (Lipinski definition) is 2. The second-order valence-electron chi connectivity index (χ2n) is 8.10. The normalized spacial score (nSPS) is 21.5. The predicted octanol–water partition coefficient (Wildman–Crippen LogP) is 4.17. The minimum atomic E-state index is 0.375. The van der Waals surface area contributed by atoms with Crippen molar-refractivity contribution in [2.75, 3.05) is 13.7 Å². The molecule has 1 heterocycles. The van der Waals surface area contributed by atoms with Gasteiger partial charge in [-0.2, -0.15) is 0 Å². The van der Waals surface area contributed by atoms with Crippen molar-refractivity contribution in [3.05, 3.63) is 94.2 Å². The lowest BCUT2D eigenvalue weighted by atomic mass is 9.77. The molecule has 0 saturated carbocycles. The van der Waals surface area contributed by atoms with E-state index in [2.05, 4.69) is 78.2 Å². The third-order valence-electron chi connectivity index (χ3n) is 6.38. The van der Waals surface area contributed by atoms with Crippen molar-refractivity contribution in [3.63, 3.8) is 0 Å². The van der Waals surface area contributed by atoms with E-state index in [1.54, 1.807) is 7.11 Å². The van der Waals surface area contributed by atoms with E-state index in [9.17, 15) is 0 Å². The smallest absolute Gasteiger partial charge is 0.0467 e. The second kappa shape index (κ2) is 7.88. The largest absolute Gasteiger partial charge is 0.385 e. The molecule has 1 aliphatic heterocycles. The third-order valence-corrected chi connectivity index (χ3v) is 6.38. The summed E-state index contributed by atoms with van der Waals surface area (Å²) < 4.78 is 5.41. The van der Waals surface area contributed by atoms with E-state index in [4.69, 9.17) is 4.74 Å². The molecule has 2 aliphatic carbocycles. The number of rotatable bonds is 4. The van der Waals surface area contributed by atoms with Crippen LogP contribution in [-0.4, -0.2) is 13.7 Å². The van der Waals surface area contributed by atoms with Crippen LogP contribution in [-0.2, 0) is 11.2 Å². The number of benzene rings is 2. The average molecular weight is 382 g/mol. The van der Waals surface area contributed by atoms with Crippen LogP contribution in [0, 0.1) is 5.92 Å². The van der Waals surface area contributed by atoms with Gasteiger partial charge in [-0.3, -0.25) is 0 Å². The van der Waals surface area contributed by atoms with Crippen molar-refractivity contribution < 1.29 is 4.74 Å². The first-order chi connectivity index (χ1) is 14.3. The van der Waals surface area contributed by atoms with E-state index < -0.39 is 0 Å². The molecule has 2 nitrogen and oxygen atoms in total. The molecule has 2 aromatic rings. The third kappa shape index (κ3) is 3.38. The topological polar surface area (TPSA) is 21.3 Å². The predicted molar refractivity (Wildman–Crippen MR) is 121 cm³/mol. The van der Waals surface area contributed by atoms with E-state index in [1.165, 1.54) is 38.4 Å². The average Bonchev–Trinajstić information content (AvgIpc) is 3.06. The van der Waals surface area contributed by atoms with Crippen LogP contribution in [0.5, 0.6) is 0 Å². The molecule has 146 valence electrons. The van der Waals surface area contributed by atoms with Crippen molar-refractivity contribution in [2.24, 2.45) is 5.92 Å². The van der Waals surface area contributed by atoms with Crippen LogP contribution in [0.2, 0.25) is 0 Å². The van der Waals surface area contributed by atoms with E-state index >= 15 is 0 Å². The van der Waals surface area contributed by atoms with Crippen LogP contribution < -0.4 is 15.8 Å². The standard InChI is InChI=1S/C27H27NO/c1-29-16-14-19-17-25-23-11-10-20-7-4-5-8-21(20)22(23)12-13-24(25)26(18-19)27-9-3-2-6-15-28-27/h2-9,11-13,15,17,19,26,28H,10,14,16,18H2,1H3. The molecule has 1 N–H and O–H groups in total. The number of methoxy groups -OCH3 is 1. The van der Waals surface area contributed by atoms with Gasteiger partial charge in [-0.1, -0.05) is 60.7 Å². The van der Waals surface area contributed by atoms with Crippen LogP contribution in [0.1, 0.15) is 29.9 Å². The van der Waals surface area contributed by atoms with Gasteiger partial charge in [0.1, 0.15) is 0 Å². The Labute approximate surface area is 172 Å². The lowest BCUT2D eigenvalue weighted by molar-refractivity contribution is 0.183. The van der Waals surface area contributed by atoms with Crippen molar-refractivity contribution in [2.45, 2.75) is 25.2 Å². The van der Waals surface area contributed by atoms with Gasteiger partial charge in [0.2, 0.25) is 0 Å². The highest BCUT2D eigenvalue weighted by Gasteiger charge is 2.27. The van der Waals surface area contributed by atoms with Gasteiger partial charge in [-0.05, 0) is 70.0 Å². The first kappa shape index (κ1) is 18.2. The number of fused-ring (bicyclic) bond motifs is 5. The SMILES string of the molecule is COCCC1C=c2c(ccc3c2=CCc2ccccc2-3)C(C2=CC=CC=CN2)C1. The van der Waals surface area contributed by atoms with Gasteiger partial charge in [0, 0.05) is 31.5 Å². The van der Waals surface area contributed by atoms with Crippen LogP contribution >= 0.6 is 0 Å². The molecule has 3 aliphatic rings. The van der Waals surface area contributed by atoms with Gasteiger partial charge >= 0.3 is 0 Å². The first-order valence-corrected chi connectivity index (χ1v) is 10.6. The van der Waals surface area contributed by atoms with Crippen LogP contribution in [0.25, 0.3) is 23.3 Å². The Morgan fingerprint density at radius 3 is 2.86 bits per heavy atom. The first-order valence-electron chi connectivity index (χ1n) is 10.6. The molecule has 5 rings (SSSR count). The van der Waals surface area contributed by atoms with Crippen molar-refractivity contribution >= 4 is 12.2 Å². The Morgan fingerprint density at radius 2 is 1.93 bits per heavy atom. The highest BCUT2D eigenvalue weighted by atomic mass is 16.5. The maximum atomic E-state index is 5.41. The molecule has 0 saturated heterocycles. The Hall–Kier alpha value is -2.84. The molecular formula is C27H27NO. The molecule has 29 heavy (non-hydrogen) atoms. The molecule has 2 unspecified atom stereocenters. The van der Waals surface area contributed by atoms with Gasteiger partial charge in [-0.25, -0.2) is 0 Å². The second-order valence-corrected chi connectivity index (χ2v) is 8.10. The molecule has 0 amide bonds. The molecule has 0 radical (unpaired) electrons. The summed E-state index contributed by atoms with van der Waals surface area (Å²) in [7, 11) is 1.80.